The van der Waals surface area contributed by atoms with Gasteiger partial charge in [0.2, 0.25) is 0 Å². The summed E-state index contributed by atoms with van der Waals surface area (Å²) in [7, 11) is 0. The number of nitrogens with one attached hydrogen (secondary N) is 1. The molecular weight excluding hydrogens is 229 g/mol. The predicted octanol–water partition coefficient (Wildman–Crippen LogP) is 2.75. The molecular formula is C7H11ClF5N. The summed E-state index contributed by atoms with van der Waals surface area (Å²) in [6.07, 6.45) is -4.48. The first-order chi connectivity index (χ1) is 5.86. The maximum Gasteiger partial charge on any atom is 0.454 e. The van der Waals surface area contributed by atoms with Gasteiger partial charge in [-0.05, 0) is 19.4 Å². The van der Waals surface area contributed by atoms with Gasteiger partial charge in [0.1, 0.15) is 0 Å². The average molecular weight is 240 g/mol. The molecule has 1 unspecified atom stereocenters. The zero-order valence-corrected chi connectivity index (χ0v) is 8.02. The molecule has 1 N–H and O–H groups in total. The van der Waals surface area contributed by atoms with E-state index < -0.39 is 18.1 Å². The van der Waals surface area contributed by atoms with E-state index in [1.807, 2.05) is 0 Å². The molecule has 1 atom stereocenters. The van der Waals surface area contributed by atoms with Crippen LogP contribution in [-0.4, -0.2) is 24.7 Å². The normalized spacial score (nSPS) is 24.2. The lowest BCUT2D eigenvalue weighted by molar-refractivity contribution is -0.294. The topological polar surface area (TPSA) is 12.0 Å². The van der Waals surface area contributed by atoms with Gasteiger partial charge in [0.15, 0.2) is 0 Å². The summed E-state index contributed by atoms with van der Waals surface area (Å²) in [5, 5.41) is 2.20. The Labute approximate surface area is 84.5 Å². The van der Waals surface area contributed by atoms with Crippen LogP contribution in [0.3, 0.4) is 0 Å². The lowest BCUT2D eigenvalue weighted by Crippen LogP contribution is -2.55. The summed E-state index contributed by atoms with van der Waals surface area (Å²) >= 11 is 0. The largest absolute Gasteiger partial charge is 0.454 e. The Kier molecular flexibility index (Phi) is 4.58. The molecule has 14 heavy (non-hydrogen) atoms. The Balaban J connectivity index is 0.00000169. The molecule has 0 spiro atoms. The highest BCUT2D eigenvalue weighted by Gasteiger charge is 2.62. The van der Waals surface area contributed by atoms with E-state index in [2.05, 4.69) is 5.32 Å². The van der Waals surface area contributed by atoms with Crippen molar-refractivity contribution >= 4 is 12.4 Å². The summed E-state index contributed by atoms with van der Waals surface area (Å²) in [5.41, 5.74) is 0. The highest BCUT2D eigenvalue weighted by atomic mass is 35.5. The Bertz CT molecular complexity index is 175. The Morgan fingerprint density at radius 3 is 1.93 bits per heavy atom. The van der Waals surface area contributed by atoms with Gasteiger partial charge in [-0.2, -0.15) is 22.0 Å². The van der Waals surface area contributed by atoms with Gasteiger partial charge in [-0.25, -0.2) is 0 Å². The van der Waals surface area contributed by atoms with E-state index in [9.17, 15) is 22.0 Å². The number of hydrogen-bond donors (Lipinski definition) is 1. The number of halogens is 6. The monoisotopic (exact) mass is 239 g/mol. The molecule has 0 radical (unpaired) electrons. The van der Waals surface area contributed by atoms with Crippen LogP contribution in [0.2, 0.25) is 0 Å². The molecule has 1 nitrogen and oxygen atoms in total. The standard InChI is InChI=1S/C7H10F5N.ClH/c8-6(9,7(10,11)12)5-3-1-2-4-13-5;/h5,13H,1-4H2;1H. The van der Waals surface area contributed by atoms with Crippen LogP contribution in [0.25, 0.3) is 0 Å². The fourth-order valence-electron chi connectivity index (χ4n) is 1.36. The summed E-state index contributed by atoms with van der Waals surface area (Å²) in [6.45, 7) is 0.232. The van der Waals surface area contributed by atoms with Crippen molar-refractivity contribution in [1.29, 1.82) is 0 Å². The molecule has 1 rings (SSSR count). The van der Waals surface area contributed by atoms with E-state index in [1.54, 1.807) is 0 Å². The molecule has 0 bridgehead atoms. The Morgan fingerprint density at radius 1 is 1.00 bits per heavy atom. The van der Waals surface area contributed by atoms with Crippen LogP contribution in [0.5, 0.6) is 0 Å². The summed E-state index contributed by atoms with van der Waals surface area (Å²) < 4.78 is 60.7. The Hall–Kier alpha value is -0.100. The first kappa shape index (κ1) is 13.9. The van der Waals surface area contributed by atoms with Gasteiger partial charge in [-0.3, -0.25) is 0 Å². The van der Waals surface area contributed by atoms with E-state index in [-0.39, 0.29) is 25.4 Å². The third-order valence-electron chi connectivity index (χ3n) is 2.13. The quantitative estimate of drug-likeness (QED) is 0.694. The zero-order chi connectivity index (χ0) is 10.1. The average Bonchev–Trinajstić information content (AvgIpc) is 2.04. The molecule has 1 saturated heterocycles. The van der Waals surface area contributed by atoms with Gasteiger partial charge in [0, 0.05) is 0 Å². The van der Waals surface area contributed by atoms with Crippen molar-refractivity contribution in [2.24, 2.45) is 0 Å². The number of rotatable bonds is 1. The van der Waals surface area contributed by atoms with Crippen molar-refractivity contribution in [2.45, 2.75) is 37.4 Å². The molecule has 0 amide bonds. The van der Waals surface area contributed by atoms with Gasteiger partial charge < -0.3 is 5.32 Å². The van der Waals surface area contributed by atoms with Crippen LogP contribution in [0.1, 0.15) is 19.3 Å². The molecule has 0 aromatic rings. The second-order valence-corrected chi connectivity index (χ2v) is 3.12. The van der Waals surface area contributed by atoms with Crippen molar-refractivity contribution in [3.05, 3.63) is 0 Å². The highest BCUT2D eigenvalue weighted by molar-refractivity contribution is 5.85. The molecule has 1 aliphatic heterocycles. The first-order valence-electron chi connectivity index (χ1n) is 4.03. The van der Waals surface area contributed by atoms with Crippen molar-refractivity contribution in [2.75, 3.05) is 6.54 Å². The van der Waals surface area contributed by atoms with E-state index in [0.717, 1.165) is 0 Å². The molecule has 86 valence electrons. The van der Waals surface area contributed by atoms with Crippen molar-refractivity contribution < 1.29 is 22.0 Å². The van der Waals surface area contributed by atoms with Crippen LogP contribution in [-0.2, 0) is 0 Å². The second-order valence-electron chi connectivity index (χ2n) is 3.12. The molecule has 7 heteroatoms. The van der Waals surface area contributed by atoms with Crippen LogP contribution in [0, 0.1) is 0 Å². The van der Waals surface area contributed by atoms with Crippen LogP contribution >= 0.6 is 12.4 Å². The summed E-state index contributed by atoms with van der Waals surface area (Å²) in [5.74, 6) is -4.60. The van der Waals surface area contributed by atoms with Crippen LogP contribution < -0.4 is 5.32 Å². The first-order valence-corrected chi connectivity index (χ1v) is 4.03. The Morgan fingerprint density at radius 2 is 1.57 bits per heavy atom. The maximum atomic E-state index is 12.6. The zero-order valence-electron chi connectivity index (χ0n) is 7.20. The van der Waals surface area contributed by atoms with Gasteiger partial charge in [0.05, 0.1) is 6.04 Å². The summed E-state index contributed by atoms with van der Waals surface area (Å²) in [6, 6.07) is -1.75. The van der Waals surface area contributed by atoms with Crippen LogP contribution in [0.4, 0.5) is 22.0 Å². The van der Waals surface area contributed by atoms with Gasteiger partial charge in [-0.1, -0.05) is 6.42 Å². The lowest BCUT2D eigenvalue weighted by atomic mass is 9.99. The van der Waals surface area contributed by atoms with E-state index in [1.165, 1.54) is 0 Å². The minimum Gasteiger partial charge on any atom is -0.308 e. The number of hydrogen-bond acceptors (Lipinski definition) is 1. The van der Waals surface area contributed by atoms with Crippen molar-refractivity contribution in [3.8, 4) is 0 Å². The van der Waals surface area contributed by atoms with Gasteiger partial charge in [0.25, 0.3) is 0 Å². The second kappa shape index (κ2) is 4.61. The minimum absolute atomic E-state index is 0. The molecule has 0 aromatic carbocycles. The smallest absolute Gasteiger partial charge is 0.308 e. The van der Waals surface area contributed by atoms with E-state index in [4.69, 9.17) is 0 Å². The van der Waals surface area contributed by atoms with Gasteiger partial charge in [-0.15, -0.1) is 12.4 Å². The minimum atomic E-state index is -5.44. The van der Waals surface area contributed by atoms with E-state index in [0.29, 0.717) is 12.8 Å². The third kappa shape index (κ3) is 2.70. The third-order valence-corrected chi connectivity index (χ3v) is 2.13. The summed E-state index contributed by atoms with van der Waals surface area (Å²) in [4.78, 5) is 0. The van der Waals surface area contributed by atoms with Crippen LogP contribution in [0.15, 0.2) is 0 Å². The fraction of sp³-hybridized carbons (Fsp3) is 1.00. The molecule has 0 aliphatic carbocycles. The predicted molar refractivity (Wildman–Crippen MR) is 43.9 cm³/mol. The molecule has 0 saturated carbocycles. The molecule has 0 aromatic heterocycles. The maximum absolute atomic E-state index is 12.6. The van der Waals surface area contributed by atoms with Crippen molar-refractivity contribution in [3.63, 3.8) is 0 Å². The number of alkyl halides is 5. The lowest BCUT2D eigenvalue weighted by Gasteiger charge is -2.32. The van der Waals surface area contributed by atoms with E-state index >= 15 is 0 Å². The molecule has 1 fully saturated rings. The number of piperidine rings is 1. The van der Waals surface area contributed by atoms with Gasteiger partial charge >= 0.3 is 12.1 Å². The highest BCUT2D eigenvalue weighted by Crippen LogP contribution is 2.40. The fourth-order valence-corrected chi connectivity index (χ4v) is 1.36. The molecule has 1 aliphatic rings. The van der Waals surface area contributed by atoms with Crippen molar-refractivity contribution in [1.82, 2.24) is 5.32 Å². The molecule has 1 heterocycles. The SMILES string of the molecule is Cl.FC(F)(F)C(F)(F)C1CCCCN1.